The fourth-order valence-corrected chi connectivity index (χ4v) is 3.88. The number of rotatable bonds is 9. The largest absolute Gasteiger partial charge is 0.374 e. The zero-order valence-electron chi connectivity index (χ0n) is 16.4. The fraction of sp³-hybridized carbons (Fsp3) is 0.571. The molecule has 1 aliphatic heterocycles. The molecule has 1 heterocycles. The van der Waals surface area contributed by atoms with E-state index in [2.05, 4.69) is 10.6 Å². The van der Waals surface area contributed by atoms with Gasteiger partial charge in [-0.3, -0.25) is 14.5 Å². The van der Waals surface area contributed by atoms with Gasteiger partial charge < -0.3 is 15.4 Å². The van der Waals surface area contributed by atoms with E-state index in [1.165, 1.54) is 4.90 Å². The van der Waals surface area contributed by atoms with Gasteiger partial charge in [-0.15, -0.1) is 0 Å². The van der Waals surface area contributed by atoms with Gasteiger partial charge in [-0.1, -0.05) is 43.2 Å². The number of carbonyl (C=O) groups excluding carboxylic acids is 3. The van der Waals surface area contributed by atoms with Crippen LogP contribution >= 0.6 is 0 Å². The van der Waals surface area contributed by atoms with Gasteiger partial charge in [0.2, 0.25) is 5.91 Å². The van der Waals surface area contributed by atoms with Crippen LogP contribution < -0.4 is 10.6 Å². The van der Waals surface area contributed by atoms with Gasteiger partial charge in [0, 0.05) is 26.1 Å². The maximum absolute atomic E-state index is 12.5. The second-order valence-electron chi connectivity index (χ2n) is 7.55. The molecule has 152 valence electrons. The molecule has 3 rings (SSSR count). The molecular formula is C21H29N3O4. The first kappa shape index (κ1) is 20.3. The Kier molecular flexibility index (Phi) is 6.67. The summed E-state index contributed by atoms with van der Waals surface area (Å²) in [4.78, 5) is 37.8. The van der Waals surface area contributed by atoms with Gasteiger partial charge in [-0.05, 0) is 31.7 Å². The van der Waals surface area contributed by atoms with E-state index >= 15 is 0 Å². The van der Waals surface area contributed by atoms with Gasteiger partial charge in [-0.2, -0.15) is 0 Å². The lowest BCUT2D eigenvalue weighted by molar-refractivity contribution is -0.131. The van der Waals surface area contributed by atoms with Gasteiger partial charge in [0.15, 0.2) is 0 Å². The van der Waals surface area contributed by atoms with Gasteiger partial charge in [0.05, 0.1) is 6.10 Å². The van der Waals surface area contributed by atoms with Crippen LogP contribution in [0.3, 0.4) is 0 Å². The molecule has 1 saturated carbocycles. The molecule has 1 spiro atoms. The summed E-state index contributed by atoms with van der Waals surface area (Å²) in [6, 6.07) is 9.61. The van der Waals surface area contributed by atoms with Crippen LogP contribution in [0.15, 0.2) is 30.3 Å². The maximum Gasteiger partial charge on any atom is 0.325 e. The molecule has 7 heteroatoms. The highest BCUT2D eigenvalue weighted by molar-refractivity contribution is 6.07. The Balaban J connectivity index is 1.31. The minimum atomic E-state index is -0.708. The quantitative estimate of drug-likeness (QED) is 0.503. The Hall–Kier alpha value is -2.41. The van der Waals surface area contributed by atoms with E-state index in [1.807, 2.05) is 37.3 Å². The summed E-state index contributed by atoms with van der Waals surface area (Å²) in [6.45, 7) is 3.18. The Labute approximate surface area is 165 Å². The van der Waals surface area contributed by atoms with Crippen molar-refractivity contribution in [3.8, 4) is 0 Å². The van der Waals surface area contributed by atoms with E-state index in [1.54, 1.807) is 0 Å². The van der Waals surface area contributed by atoms with E-state index in [0.29, 0.717) is 32.4 Å². The van der Waals surface area contributed by atoms with Crippen LogP contribution in [0.4, 0.5) is 4.79 Å². The second kappa shape index (κ2) is 9.19. The summed E-state index contributed by atoms with van der Waals surface area (Å²) < 4.78 is 5.78. The number of carbonyl (C=O) groups is 3. The van der Waals surface area contributed by atoms with E-state index in [4.69, 9.17) is 4.74 Å². The van der Waals surface area contributed by atoms with Gasteiger partial charge in [-0.25, -0.2) is 4.79 Å². The van der Waals surface area contributed by atoms with Crippen molar-refractivity contribution < 1.29 is 19.1 Å². The van der Waals surface area contributed by atoms with Crippen LogP contribution in [-0.2, 0) is 14.3 Å². The van der Waals surface area contributed by atoms with Crippen molar-refractivity contribution >= 4 is 17.8 Å². The van der Waals surface area contributed by atoms with Crippen molar-refractivity contribution in [3.63, 3.8) is 0 Å². The highest BCUT2D eigenvalue weighted by atomic mass is 16.5. The maximum atomic E-state index is 12.5. The number of benzene rings is 1. The molecule has 2 fully saturated rings. The lowest BCUT2D eigenvalue weighted by Crippen LogP contribution is -2.44. The van der Waals surface area contributed by atoms with Crippen LogP contribution in [-0.4, -0.2) is 48.0 Å². The van der Waals surface area contributed by atoms with Crippen molar-refractivity contribution in [1.29, 1.82) is 0 Å². The Morgan fingerprint density at radius 3 is 2.68 bits per heavy atom. The molecule has 2 N–H and O–H groups in total. The number of amides is 4. The molecule has 7 nitrogen and oxygen atoms in total. The van der Waals surface area contributed by atoms with Crippen LogP contribution in [0.2, 0.25) is 0 Å². The van der Waals surface area contributed by atoms with E-state index in [0.717, 1.165) is 18.4 Å². The minimum Gasteiger partial charge on any atom is -0.374 e. The number of nitrogens with zero attached hydrogens (tertiary/aromatic N) is 1. The average molecular weight is 387 g/mol. The zero-order chi connectivity index (χ0) is 20.0. The van der Waals surface area contributed by atoms with Crippen molar-refractivity contribution in [1.82, 2.24) is 15.5 Å². The number of nitrogens with one attached hydrogen (secondary N) is 2. The molecular weight excluding hydrogens is 358 g/mol. The average Bonchev–Trinajstić information content (AvgIpc) is 3.26. The smallest absolute Gasteiger partial charge is 0.325 e. The molecule has 4 amide bonds. The lowest BCUT2D eigenvalue weighted by atomic mass is 9.98. The summed E-state index contributed by atoms with van der Waals surface area (Å²) >= 11 is 0. The Morgan fingerprint density at radius 1 is 1.25 bits per heavy atom. The molecule has 2 aliphatic rings. The summed E-state index contributed by atoms with van der Waals surface area (Å²) in [6.07, 6.45) is 4.13. The molecule has 1 saturated heterocycles. The molecule has 1 unspecified atom stereocenters. The third-order valence-corrected chi connectivity index (χ3v) is 5.55. The molecule has 1 aromatic carbocycles. The molecule has 28 heavy (non-hydrogen) atoms. The number of hydrogen-bond donors (Lipinski definition) is 2. The predicted molar refractivity (Wildman–Crippen MR) is 104 cm³/mol. The topological polar surface area (TPSA) is 87.7 Å². The number of ether oxygens (including phenoxy) is 1. The highest BCUT2D eigenvalue weighted by Crippen LogP contribution is 2.34. The van der Waals surface area contributed by atoms with Crippen molar-refractivity contribution in [3.05, 3.63) is 35.9 Å². The minimum absolute atomic E-state index is 0.0134. The fourth-order valence-electron chi connectivity index (χ4n) is 3.88. The summed E-state index contributed by atoms with van der Waals surface area (Å²) in [5.74, 6) is -0.338. The third kappa shape index (κ3) is 4.70. The Bertz CT molecular complexity index is 701. The summed E-state index contributed by atoms with van der Waals surface area (Å²) in [5, 5.41) is 5.65. The molecule has 1 atom stereocenters. The third-order valence-electron chi connectivity index (χ3n) is 5.55. The SMILES string of the molecule is CC(OCCCNC(=O)CCN1C(=O)NC2(CCCC2)C1=O)c1ccccc1. The summed E-state index contributed by atoms with van der Waals surface area (Å²) in [5.41, 5.74) is 0.417. The summed E-state index contributed by atoms with van der Waals surface area (Å²) in [7, 11) is 0. The second-order valence-corrected chi connectivity index (χ2v) is 7.55. The number of urea groups is 1. The van der Waals surface area contributed by atoms with E-state index in [-0.39, 0.29) is 36.9 Å². The lowest BCUT2D eigenvalue weighted by Gasteiger charge is -2.19. The molecule has 0 radical (unpaired) electrons. The van der Waals surface area contributed by atoms with Gasteiger partial charge in [0.25, 0.3) is 5.91 Å². The normalized spacial score (nSPS) is 19.1. The van der Waals surface area contributed by atoms with Crippen molar-refractivity contribution in [2.24, 2.45) is 0 Å². The van der Waals surface area contributed by atoms with Crippen LogP contribution in [0.1, 0.15) is 57.1 Å². The first-order valence-corrected chi connectivity index (χ1v) is 10.1. The molecule has 0 bridgehead atoms. The van der Waals surface area contributed by atoms with Crippen LogP contribution in [0.25, 0.3) is 0 Å². The van der Waals surface area contributed by atoms with Gasteiger partial charge in [0.1, 0.15) is 5.54 Å². The standard InChI is InChI=1S/C21H29N3O4/c1-16(17-8-3-2-4-9-17)28-15-7-13-22-18(25)10-14-24-19(26)21(23-20(24)27)11-5-6-12-21/h2-4,8-9,16H,5-7,10-15H2,1H3,(H,22,25)(H,23,27). The number of imide groups is 1. The van der Waals surface area contributed by atoms with Crippen LogP contribution in [0, 0.1) is 0 Å². The van der Waals surface area contributed by atoms with Crippen molar-refractivity contribution in [2.75, 3.05) is 19.7 Å². The molecule has 1 aliphatic carbocycles. The monoisotopic (exact) mass is 387 g/mol. The first-order valence-electron chi connectivity index (χ1n) is 10.1. The molecule has 0 aromatic heterocycles. The van der Waals surface area contributed by atoms with E-state index < -0.39 is 5.54 Å². The number of hydrogen-bond acceptors (Lipinski definition) is 4. The predicted octanol–water partition coefficient (Wildman–Crippen LogP) is 2.53. The molecule has 1 aromatic rings. The first-order chi connectivity index (χ1) is 13.5. The van der Waals surface area contributed by atoms with E-state index in [9.17, 15) is 14.4 Å². The van der Waals surface area contributed by atoms with Crippen molar-refractivity contribution in [2.45, 2.75) is 57.1 Å². The van der Waals surface area contributed by atoms with Crippen LogP contribution in [0.5, 0.6) is 0 Å². The highest BCUT2D eigenvalue weighted by Gasteiger charge is 2.52. The Morgan fingerprint density at radius 2 is 1.96 bits per heavy atom. The van der Waals surface area contributed by atoms with Gasteiger partial charge >= 0.3 is 6.03 Å². The zero-order valence-corrected chi connectivity index (χ0v) is 16.4.